The van der Waals surface area contributed by atoms with Gasteiger partial charge >= 0.3 is 0 Å². The van der Waals surface area contributed by atoms with Crippen LogP contribution in [0.15, 0.2) is 18.5 Å². The number of piperidine rings is 1. The SMILES string of the molecule is O=S(=O)(c1cc(Br)sc1Br)N(CC1CCCNC1)C1CC1. The van der Waals surface area contributed by atoms with E-state index in [0.29, 0.717) is 21.1 Å². The van der Waals surface area contributed by atoms with Crippen LogP contribution in [0.25, 0.3) is 0 Å². The summed E-state index contributed by atoms with van der Waals surface area (Å²) in [5.41, 5.74) is 0. The molecule has 1 unspecified atom stereocenters. The van der Waals surface area contributed by atoms with Crippen LogP contribution in [0.1, 0.15) is 25.7 Å². The number of halogens is 2. The largest absolute Gasteiger partial charge is 0.316 e. The quantitative estimate of drug-likeness (QED) is 0.736. The predicted molar refractivity (Wildman–Crippen MR) is 92.2 cm³/mol. The number of nitrogens with zero attached hydrogens (tertiary/aromatic N) is 1. The molecule has 0 radical (unpaired) electrons. The monoisotopic (exact) mass is 456 g/mol. The van der Waals surface area contributed by atoms with E-state index in [1.54, 1.807) is 10.4 Å². The second-order valence-electron chi connectivity index (χ2n) is 5.71. The lowest BCUT2D eigenvalue weighted by molar-refractivity contribution is 0.286. The van der Waals surface area contributed by atoms with Gasteiger partial charge in [-0.15, -0.1) is 11.3 Å². The minimum atomic E-state index is -3.41. The topological polar surface area (TPSA) is 49.4 Å². The van der Waals surface area contributed by atoms with Crippen LogP contribution in [0.2, 0.25) is 0 Å². The molecule has 4 nitrogen and oxygen atoms in total. The molecule has 1 aromatic rings. The van der Waals surface area contributed by atoms with Crippen LogP contribution in [0.5, 0.6) is 0 Å². The Balaban J connectivity index is 1.84. The first-order valence-electron chi connectivity index (χ1n) is 7.16. The molecule has 1 atom stereocenters. The second-order valence-corrected chi connectivity index (χ2v) is 11.3. The minimum Gasteiger partial charge on any atom is -0.316 e. The van der Waals surface area contributed by atoms with Gasteiger partial charge in [-0.1, -0.05) is 0 Å². The first-order valence-corrected chi connectivity index (χ1v) is 11.0. The number of thiophene rings is 1. The highest BCUT2D eigenvalue weighted by atomic mass is 79.9. The zero-order chi connectivity index (χ0) is 15.0. The Labute approximate surface area is 146 Å². The molecule has 0 aromatic carbocycles. The first kappa shape index (κ1) is 16.4. The minimum absolute atomic E-state index is 0.197. The molecule has 1 saturated carbocycles. The molecule has 1 saturated heterocycles. The summed E-state index contributed by atoms with van der Waals surface area (Å²) in [5.74, 6) is 0.426. The number of nitrogens with one attached hydrogen (secondary N) is 1. The standard InChI is InChI=1S/C13H18Br2N2O2S2/c14-12-6-11(13(15)20-12)21(18,19)17(10-3-4-10)8-9-2-1-5-16-7-9/h6,9-10,16H,1-5,7-8H2. The summed E-state index contributed by atoms with van der Waals surface area (Å²) in [5, 5.41) is 3.37. The average molecular weight is 458 g/mol. The summed E-state index contributed by atoms with van der Waals surface area (Å²) in [6.07, 6.45) is 4.22. The lowest BCUT2D eigenvalue weighted by Crippen LogP contribution is -2.42. The lowest BCUT2D eigenvalue weighted by atomic mass is 10.00. The van der Waals surface area contributed by atoms with Crippen molar-refractivity contribution in [1.82, 2.24) is 9.62 Å². The van der Waals surface area contributed by atoms with Crippen LogP contribution in [0.4, 0.5) is 0 Å². The van der Waals surface area contributed by atoms with E-state index in [1.807, 2.05) is 0 Å². The molecule has 21 heavy (non-hydrogen) atoms. The molecule has 0 amide bonds. The Hall–Kier alpha value is 0.530. The summed E-state index contributed by atoms with van der Waals surface area (Å²) < 4.78 is 29.2. The Morgan fingerprint density at radius 2 is 2.10 bits per heavy atom. The van der Waals surface area contributed by atoms with Gasteiger partial charge in [0.25, 0.3) is 0 Å². The van der Waals surface area contributed by atoms with Crippen LogP contribution in [0, 0.1) is 5.92 Å². The average Bonchev–Trinajstić information content (AvgIpc) is 3.21. The fourth-order valence-corrected chi connectivity index (χ4v) is 8.29. The van der Waals surface area contributed by atoms with Crippen molar-refractivity contribution in [1.29, 1.82) is 0 Å². The van der Waals surface area contributed by atoms with Crippen molar-refractivity contribution in [3.05, 3.63) is 13.6 Å². The fourth-order valence-electron chi connectivity index (χ4n) is 2.77. The van der Waals surface area contributed by atoms with Crippen LogP contribution in [-0.4, -0.2) is 38.4 Å². The molecule has 3 rings (SSSR count). The van der Waals surface area contributed by atoms with Gasteiger partial charge in [0.05, 0.1) is 7.57 Å². The summed E-state index contributed by atoms with van der Waals surface area (Å²) in [4.78, 5) is 0.398. The normalized spacial score (nSPS) is 23.7. The molecule has 8 heteroatoms. The molecule has 2 aliphatic rings. The van der Waals surface area contributed by atoms with Crippen molar-refractivity contribution in [2.45, 2.75) is 36.6 Å². The summed E-state index contributed by atoms with van der Waals surface area (Å²) >= 11 is 8.16. The van der Waals surface area contributed by atoms with E-state index in [4.69, 9.17) is 0 Å². The van der Waals surface area contributed by atoms with Gasteiger partial charge in [-0.25, -0.2) is 8.42 Å². The van der Waals surface area contributed by atoms with E-state index in [-0.39, 0.29) is 6.04 Å². The van der Waals surface area contributed by atoms with Crippen molar-refractivity contribution in [3.8, 4) is 0 Å². The van der Waals surface area contributed by atoms with Crippen LogP contribution in [-0.2, 0) is 10.0 Å². The third-order valence-electron chi connectivity index (χ3n) is 4.00. The van der Waals surface area contributed by atoms with Gasteiger partial charge in [-0.3, -0.25) is 0 Å². The molecule has 0 bridgehead atoms. The van der Waals surface area contributed by atoms with Gasteiger partial charge < -0.3 is 5.32 Å². The summed E-state index contributed by atoms with van der Waals surface area (Å²) in [6, 6.07) is 1.90. The second kappa shape index (κ2) is 6.57. The summed E-state index contributed by atoms with van der Waals surface area (Å²) in [6.45, 7) is 2.61. The van der Waals surface area contributed by atoms with E-state index in [1.165, 1.54) is 11.3 Å². The van der Waals surface area contributed by atoms with Gasteiger partial charge in [0.1, 0.15) is 4.90 Å². The number of hydrogen-bond donors (Lipinski definition) is 1. The zero-order valence-electron chi connectivity index (χ0n) is 11.5. The third-order valence-corrected chi connectivity index (χ3v) is 8.68. The van der Waals surface area contributed by atoms with E-state index in [9.17, 15) is 8.42 Å². The van der Waals surface area contributed by atoms with Crippen LogP contribution in [0.3, 0.4) is 0 Å². The maximum absolute atomic E-state index is 13.0. The highest BCUT2D eigenvalue weighted by Gasteiger charge is 2.40. The summed E-state index contributed by atoms with van der Waals surface area (Å²) in [7, 11) is -3.41. The van der Waals surface area contributed by atoms with E-state index in [0.717, 1.165) is 42.6 Å². The van der Waals surface area contributed by atoms with Gasteiger partial charge in [-0.05, 0) is 82.6 Å². The van der Waals surface area contributed by atoms with Gasteiger partial charge in [0.15, 0.2) is 0 Å². The van der Waals surface area contributed by atoms with Crippen LogP contribution >= 0.6 is 43.2 Å². The van der Waals surface area contributed by atoms with Crippen molar-refractivity contribution in [2.24, 2.45) is 5.92 Å². The Morgan fingerprint density at radius 1 is 1.33 bits per heavy atom. The zero-order valence-corrected chi connectivity index (χ0v) is 16.3. The molecule has 1 aromatic heterocycles. The van der Waals surface area contributed by atoms with Gasteiger partial charge in [0.2, 0.25) is 10.0 Å². The highest BCUT2D eigenvalue weighted by Crippen LogP contribution is 2.40. The molecular formula is C13H18Br2N2O2S2. The maximum Gasteiger partial charge on any atom is 0.245 e. The fraction of sp³-hybridized carbons (Fsp3) is 0.692. The number of sulfonamides is 1. The smallest absolute Gasteiger partial charge is 0.245 e. The molecule has 0 spiro atoms. The Bertz CT molecular complexity index is 608. The van der Waals surface area contributed by atoms with Gasteiger partial charge in [-0.2, -0.15) is 4.31 Å². The molecule has 118 valence electrons. The maximum atomic E-state index is 13.0. The first-order chi connectivity index (χ1) is 9.98. The lowest BCUT2D eigenvalue weighted by Gasteiger charge is -2.29. The van der Waals surface area contributed by atoms with Crippen molar-refractivity contribution in [3.63, 3.8) is 0 Å². The Morgan fingerprint density at radius 3 is 2.62 bits per heavy atom. The molecular weight excluding hydrogens is 440 g/mol. The van der Waals surface area contributed by atoms with Crippen molar-refractivity contribution < 1.29 is 8.42 Å². The van der Waals surface area contributed by atoms with Crippen molar-refractivity contribution in [2.75, 3.05) is 19.6 Å². The van der Waals surface area contributed by atoms with E-state index < -0.39 is 10.0 Å². The third kappa shape index (κ3) is 3.72. The number of rotatable bonds is 5. The number of hydrogen-bond acceptors (Lipinski definition) is 4. The predicted octanol–water partition coefficient (Wildman–Crippen LogP) is 3.43. The van der Waals surface area contributed by atoms with Gasteiger partial charge in [0, 0.05) is 12.6 Å². The van der Waals surface area contributed by atoms with E-state index >= 15 is 0 Å². The molecule has 2 heterocycles. The molecule has 2 fully saturated rings. The highest BCUT2D eigenvalue weighted by molar-refractivity contribution is 9.12. The molecule has 1 aliphatic carbocycles. The van der Waals surface area contributed by atoms with E-state index in [2.05, 4.69) is 37.2 Å². The Kier molecular flexibility index (Phi) is 5.13. The van der Waals surface area contributed by atoms with Crippen LogP contribution < -0.4 is 5.32 Å². The molecule has 1 aliphatic heterocycles. The van der Waals surface area contributed by atoms with Crippen molar-refractivity contribution >= 4 is 53.2 Å². The molecule has 1 N–H and O–H groups in total.